The van der Waals surface area contributed by atoms with Crippen LogP contribution in [0.5, 0.6) is 0 Å². The molecule has 168 valence electrons. The molecule has 0 fully saturated rings. The highest BCUT2D eigenvalue weighted by atomic mass is 15.2. The zero-order valence-electron chi connectivity index (χ0n) is 19.2. The second-order valence-electron chi connectivity index (χ2n) is 9.06. The van der Waals surface area contributed by atoms with Crippen LogP contribution in [0.3, 0.4) is 0 Å². The molecule has 0 spiro atoms. The minimum Gasteiger partial charge on any atom is -0.309 e. The van der Waals surface area contributed by atoms with Crippen LogP contribution in [0.1, 0.15) is 0 Å². The van der Waals surface area contributed by atoms with Crippen LogP contribution >= 0.6 is 0 Å². The predicted octanol–water partition coefficient (Wildman–Crippen LogP) is 7.22. The third-order valence-corrected chi connectivity index (χ3v) is 7.12. The zero-order valence-corrected chi connectivity index (χ0v) is 19.2. The quantitative estimate of drug-likeness (QED) is 0.273. The molecule has 0 saturated heterocycles. The van der Waals surface area contributed by atoms with Gasteiger partial charge >= 0.3 is 0 Å². The highest BCUT2D eigenvalue weighted by Gasteiger charge is 2.17. The van der Waals surface area contributed by atoms with Crippen molar-refractivity contribution in [2.45, 2.75) is 0 Å². The second-order valence-corrected chi connectivity index (χ2v) is 9.06. The smallest absolute Gasteiger partial charge is 0.237 e. The minimum absolute atomic E-state index is 0.623. The molecule has 3 aromatic heterocycles. The summed E-state index contributed by atoms with van der Waals surface area (Å²) in [4.78, 5) is 13.0. The van der Waals surface area contributed by atoms with E-state index in [1.165, 1.54) is 43.4 Å². The Hall–Kier alpha value is -5.03. The third-order valence-electron chi connectivity index (χ3n) is 7.12. The molecule has 0 N–H and O–H groups in total. The Labute approximate surface area is 205 Å². The standard InChI is InChI=1S/C31H19N5/c1-2-8-22(9-3-1)35-27-12-6-4-10-23(27)25-14-21-17-30-26(15-20(21)16-29(25)35)24-11-5-7-13-28(24)36(30)31-33-18-32-19-34-31/h1-19H. The van der Waals surface area contributed by atoms with E-state index in [1.807, 2.05) is 0 Å². The van der Waals surface area contributed by atoms with Crippen LogP contribution in [-0.4, -0.2) is 24.1 Å². The Bertz CT molecular complexity index is 1930. The summed E-state index contributed by atoms with van der Waals surface area (Å²) < 4.78 is 4.49. The molecule has 0 aliphatic rings. The van der Waals surface area contributed by atoms with Gasteiger partial charge in [-0.25, -0.2) is 15.0 Å². The third kappa shape index (κ3) is 2.62. The molecule has 8 rings (SSSR count). The Morgan fingerprint density at radius 1 is 0.444 bits per heavy atom. The number of aromatic nitrogens is 5. The molecule has 0 unspecified atom stereocenters. The first-order valence-electron chi connectivity index (χ1n) is 11.9. The van der Waals surface area contributed by atoms with Crippen molar-refractivity contribution in [2.75, 3.05) is 0 Å². The van der Waals surface area contributed by atoms with E-state index in [-0.39, 0.29) is 0 Å². The summed E-state index contributed by atoms with van der Waals surface area (Å²) in [5.41, 5.74) is 5.74. The van der Waals surface area contributed by atoms with Crippen molar-refractivity contribution in [1.29, 1.82) is 0 Å². The monoisotopic (exact) mass is 461 g/mol. The number of para-hydroxylation sites is 3. The average molecular weight is 462 g/mol. The summed E-state index contributed by atoms with van der Waals surface area (Å²) in [6.45, 7) is 0. The van der Waals surface area contributed by atoms with Gasteiger partial charge < -0.3 is 4.57 Å². The lowest BCUT2D eigenvalue weighted by atomic mass is 10.0. The highest BCUT2D eigenvalue weighted by molar-refractivity contribution is 6.18. The molecule has 0 amide bonds. The average Bonchev–Trinajstić information content (AvgIpc) is 3.43. The van der Waals surface area contributed by atoms with Gasteiger partial charge in [0.05, 0.1) is 22.1 Å². The maximum absolute atomic E-state index is 4.47. The molecule has 0 aliphatic heterocycles. The molecule has 0 radical (unpaired) electrons. The first-order valence-corrected chi connectivity index (χ1v) is 11.9. The van der Waals surface area contributed by atoms with Gasteiger partial charge in [-0.05, 0) is 59.3 Å². The van der Waals surface area contributed by atoms with Crippen LogP contribution in [0, 0.1) is 0 Å². The summed E-state index contributed by atoms with van der Waals surface area (Å²) >= 11 is 0. The first-order chi connectivity index (χ1) is 17.9. The Kier molecular flexibility index (Phi) is 3.88. The summed E-state index contributed by atoms with van der Waals surface area (Å²) in [7, 11) is 0. The molecule has 0 bridgehead atoms. The fourth-order valence-corrected chi connectivity index (χ4v) is 5.60. The molecule has 5 heteroatoms. The summed E-state index contributed by atoms with van der Waals surface area (Å²) in [6, 6.07) is 36.9. The number of hydrogen-bond acceptors (Lipinski definition) is 3. The van der Waals surface area contributed by atoms with Crippen molar-refractivity contribution < 1.29 is 0 Å². The summed E-state index contributed by atoms with van der Waals surface area (Å²) in [5.74, 6) is 0.623. The van der Waals surface area contributed by atoms with Crippen LogP contribution in [0.4, 0.5) is 0 Å². The topological polar surface area (TPSA) is 48.5 Å². The van der Waals surface area contributed by atoms with Crippen molar-refractivity contribution in [1.82, 2.24) is 24.1 Å². The number of nitrogens with zero attached hydrogens (tertiary/aromatic N) is 5. The maximum atomic E-state index is 4.47. The van der Waals surface area contributed by atoms with E-state index < -0.39 is 0 Å². The predicted molar refractivity (Wildman–Crippen MR) is 146 cm³/mol. The SMILES string of the molecule is c1ccc(-n2c3ccccc3c3cc4cc5c(cc4cc32)c2ccccc2n5-c2ncncn2)cc1. The molecule has 8 aromatic rings. The summed E-state index contributed by atoms with van der Waals surface area (Å²) in [5, 5.41) is 7.23. The van der Waals surface area contributed by atoms with Crippen molar-refractivity contribution in [3.8, 4) is 11.6 Å². The van der Waals surface area contributed by atoms with Gasteiger partial charge in [0.25, 0.3) is 0 Å². The molecule has 0 atom stereocenters. The molecule has 3 heterocycles. The summed E-state index contributed by atoms with van der Waals surface area (Å²) in [6.07, 6.45) is 3.10. The van der Waals surface area contributed by atoms with Gasteiger partial charge in [-0.1, -0.05) is 54.6 Å². The minimum atomic E-state index is 0.623. The number of hydrogen-bond donors (Lipinski definition) is 0. The van der Waals surface area contributed by atoms with Crippen molar-refractivity contribution in [2.24, 2.45) is 0 Å². The van der Waals surface area contributed by atoms with Gasteiger partial charge in [-0.2, -0.15) is 0 Å². The number of benzene rings is 5. The largest absolute Gasteiger partial charge is 0.309 e. The molecule has 5 aromatic carbocycles. The molecular formula is C31H19N5. The van der Waals surface area contributed by atoms with Crippen LogP contribution in [-0.2, 0) is 0 Å². The lowest BCUT2D eigenvalue weighted by Crippen LogP contribution is -2.00. The lowest BCUT2D eigenvalue weighted by molar-refractivity contribution is 0.940. The maximum Gasteiger partial charge on any atom is 0.237 e. The van der Waals surface area contributed by atoms with Crippen molar-refractivity contribution >= 4 is 54.4 Å². The molecule has 36 heavy (non-hydrogen) atoms. The van der Waals surface area contributed by atoms with Crippen molar-refractivity contribution in [3.63, 3.8) is 0 Å². The zero-order chi connectivity index (χ0) is 23.6. The van der Waals surface area contributed by atoms with E-state index in [0.29, 0.717) is 5.95 Å². The Morgan fingerprint density at radius 3 is 1.61 bits per heavy atom. The highest BCUT2D eigenvalue weighted by Crippen LogP contribution is 2.38. The van der Waals surface area contributed by atoms with Gasteiger partial charge in [0.2, 0.25) is 5.95 Å². The van der Waals surface area contributed by atoms with Crippen LogP contribution in [0.15, 0.2) is 116 Å². The van der Waals surface area contributed by atoms with E-state index in [9.17, 15) is 0 Å². The van der Waals surface area contributed by atoms with Gasteiger partial charge in [0.1, 0.15) is 12.7 Å². The molecular weight excluding hydrogens is 442 g/mol. The van der Waals surface area contributed by atoms with Crippen LogP contribution in [0.25, 0.3) is 66.0 Å². The lowest BCUT2D eigenvalue weighted by Gasteiger charge is -2.09. The van der Waals surface area contributed by atoms with E-state index in [0.717, 1.165) is 16.7 Å². The van der Waals surface area contributed by atoms with E-state index in [2.05, 4.69) is 127 Å². The Morgan fingerprint density at radius 2 is 0.972 bits per heavy atom. The van der Waals surface area contributed by atoms with Gasteiger partial charge in [-0.15, -0.1) is 0 Å². The second kappa shape index (κ2) is 7.23. The van der Waals surface area contributed by atoms with Crippen LogP contribution < -0.4 is 0 Å². The van der Waals surface area contributed by atoms with E-state index >= 15 is 0 Å². The van der Waals surface area contributed by atoms with Gasteiger partial charge in [0.15, 0.2) is 0 Å². The van der Waals surface area contributed by atoms with E-state index in [4.69, 9.17) is 0 Å². The number of rotatable bonds is 2. The van der Waals surface area contributed by atoms with Gasteiger partial charge in [-0.3, -0.25) is 4.57 Å². The van der Waals surface area contributed by atoms with Crippen molar-refractivity contribution in [3.05, 3.63) is 116 Å². The number of fused-ring (bicyclic) bond motifs is 7. The van der Waals surface area contributed by atoms with E-state index in [1.54, 1.807) is 12.7 Å². The molecule has 0 aliphatic carbocycles. The Balaban J connectivity index is 1.53. The molecule has 0 saturated carbocycles. The van der Waals surface area contributed by atoms with Gasteiger partial charge in [0, 0.05) is 27.2 Å². The fraction of sp³-hybridized carbons (Fsp3) is 0. The first kappa shape index (κ1) is 19.3. The van der Waals surface area contributed by atoms with Crippen LogP contribution in [0.2, 0.25) is 0 Å². The fourth-order valence-electron chi connectivity index (χ4n) is 5.60. The molecule has 5 nitrogen and oxygen atoms in total. The normalized spacial score (nSPS) is 11.9.